The van der Waals surface area contributed by atoms with Gasteiger partial charge in [-0.1, -0.05) is 51.2 Å². The SMILES string of the molecule is CCCCCCCCNC(=O)c1ccc(B(O)O)cc1. The Bertz CT molecular complexity index is 393. The van der Waals surface area contributed by atoms with Crippen molar-refractivity contribution in [1.82, 2.24) is 5.32 Å². The third kappa shape index (κ3) is 6.22. The maximum atomic E-state index is 11.8. The van der Waals surface area contributed by atoms with Crippen LogP contribution in [0.2, 0.25) is 0 Å². The second-order valence-corrected chi connectivity index (χ2v) is 5.02. The van der Waals surface area contributed by atoms with Gasteiger partial charge in [0.05, 0.1) is 0 Å². The molecule has 0 aliphatic heterocycles. The highest BCUT2D eigenvalue weighted by atomic mass is 16.4. The fraction of sp³-hybridized carbons (Fsp3) is 0.533. The molecule has 0 aliphatic rings. The molecule has 1 aromatic rings. The molecule has 110 valence electrons. The number of amides is 1. The summed E-state index contributed by atoms with van der Waals surface area (Å²) in [5.41, 5.74) is 0.929. The second-order valence-electron chi connectivity index (χ2n) is 5.02. The third-order valence-electron chi connectivity index (χ3n) is 3.29. The first kappa shape index (κ1) is 16.7. The molecular weight excluding hydrogens is 253 g/mol. The summed E-state index contributed by atoms with van der Waals surface area (Å²) in [6.45, 7) is 2.89. The van der Waals surface area contributed by atoms with Gasteiger partial charge in [-0.3, -0.25) is 4.79 Å². The summed E-state index contributed by atoms with van der Waals surface area (Å²) < 4.78 is 0. The van der Waals surface area contributed by atoms with Crippen LogP contribution in [-0.4, -0.2) is 29.6 Å². The Morgan fingerprint density at radius 1 is 1.05 bits per heavy atom. The molecule has 0 saturated heterocycles. The number of hydrogen-bond acceptors (Lipinski definition) is 3. The van der Waals surface area contributed by atoms with Crippen LogP contribution in [0.1, 0.15) is 55.8 Å². The Kier molecular flexibility index (Phi) is 8.00. The molecule has 3 N–H and O–H groups in total. The van der Waals surface area contributed by atoms with Gasteiger partial charge in [-0.05, 0) is 24.0 Å². The molecule has 0 spiro atoms. The highest BCUT2D eigenvalue weighted by Crippen LogP contribution is 2.04. The van der Waals surface area contributed by atoms with Gasteiger partial charge in [0.1, 0.15) is 0 Å². The molecule has 0 heterocycles. The number of nitrogens with one attached hydrogen (secondary N) is 1. The minimum Gasteiger partial charge on any atom is -0.423 e. The number of unbranched alkanes of at least 4 members (excludes halogenated alkanes) is 5. The van der Waals surface area contributed by atoms with Crippen LogP contribution < -0.4 is 10.8 Å². The quantitative estimate of drug-likeness (QED) is 0.473. The molecule has 0 aromatic heterocycles. The number of carbonyl (C=O) groups excluding carboxylic acids is 1. The van der Waals surface area contributed by atoms with Crippen molar-refractivity contribution < 1.29 is 14.8 Å². The lowest BCUT2D eigenvalue weighted by molar-refractivity contribution is 0.0953. The average molecular weight is 277 g/mol. The van der Waals surface area contributed by atoms with Gasteiger partial charge in [0.15, 0.2) is 0 Å². The number of rotatable bonds is 9. The molecule has 0 unspecified atom stereocenters. The topological polar surface area (TPSA) is 69.6 Å². The summed E-state index contributed by atoms with van der Waals surface area (Å²) in [6.07, 6.45) is 7.19. The molecule has 0 saturated carbocycles. The van der Waals surface area contributed by atoms with E-state index < -0.39 is 7.12 Å². The van der Waals surface area contributed by atoms with Crippen molar-refractivity contribution in [2.75, 3.05) is 6.54 Å². The average Bonchev–Trinajstić information content (AvgIpc) is 2.46. The van der Waals surface area contributed by atoms with Gasteiger partial charge in [0.2, 0.25) is 0 Å². The van der Waals surface area contributed by atoms with Gasteiger partial charge in [-0.15, -0.1) is 0 Å². The van der Waals surface area contributed by atoms with Crippen LogP contribution in [0.4, 0.5) is 0 Å². The van der Waals surface area contributed by atoms with Crippen molar-refractivity contribution in [2.45, 2.75) is 45.4 Å². The van der Waals surface area contributed by atoms with Gasteiger partial charge >= 0.3 is 7.12 Å². The lowest BCUT2D eigenvalue weighted by atomic mass is 9.80. The van der Waals surface area contributed by atoms with Crippen molar-refractivity contribution in [3.8, 4) is 0 Å². The van der Waals surface area contributed by atoms with Crippen molar-refractivity contribution in [3.05, 3.63) is 29.8 Å². The Morgan fingerprint density at radius 3 is 2.25 bits per heavy atom. The summed E-state index contributed by atoms with van der Waals surface area (Å²) in [5.74, 6) is -0.113. The van der Waals surface area contributed by atoms with Crippen LogP contribution in [0.25, 0.3) is 0 Å². The van der Waals surface area contributed by atoms with E-state index in [0.29, 0.717) is 17.6 Å². The first-order valence-corrected chi connectivity index (χ1v) is 7.39. The number of carbonyl (C=O) groups is 1. The van der Waals surface area contributed by atoms with Crippen molar-refractivity contribution in [1.29, 1.82) is 0 Å². The summed E-state index contributed by atoms with van der Waals surface area (Å²) in [4.78, 5) is 11.8. The second kappa shape index (κ2) is 9.56. The largest absolute Gasteiger partial charge is 0.488 e. The van der Waals surface area contributed by atoms with E-state index in [1.807, 2.05) is 0 Å². The fourth-order valence-electron chi connectivity index (χ4n) is 2.02. The molecule has 1 amide bonds. The maximum absolute atomic E-state index is 11.8. The zero-order valence-electron chi connectivity index (χ0n) is 12.1. The van der Waals surface area contributed by atoms with Crippen LogP contribution in [0.15, 0.2) is 24.3 Å². The van der Waals surface area contributed by atoms with Crippen molar-refractivity contribution in [2.24, 2.45) is 0 Å². The van der Waals surface area contributed by atoms with Crippen LogP contribution in [0.5, 0.6) is 0 Å². The molecule has 0 atom stereocenters. The normalized spacial score (nSPS) is 10.3. The van der Waals surface area contributed by atoms with E-state index in [9.17, 15) is 4.79 Å². The Balaban J connectivity index is 2.22. The Morgan fingerprint density at radius 2 is 1.65 bits per heavy atom. The van der Waals surface area contributed by atoms with E-state index in [2.05, 4.69) is 12.2 Å². The van der Waals surface area contributed by atoms with Gasteiger partial charge in [0, 0.05) is 12.1 Å². The van der Waals surface area contributed by atoms with E-state index in [4.69, 9.17) is 10.0 Å². The monoisotopic (exact) mass is 277 g/mol. The molecule has 20 heavy (non-hydrogen) atoms. The standard InChI is InChI=1S/C15H24BNO3/c1-2-3-4-5-6-7-12-17-15(18)13-8-10-14(11-9-13)16(19)20/h8-11,19-20H,2-7,12H2,1H3,(H,17,18). The molecule has 1 aromatic carbocycles. The van der Waals surface area contributed by atoms with Gasteiger partial charge in [-0.25, -0.2) is 0 Å². The molecule has 0 fully saturated rings. The van der Waals surface area contributed by atoms with Gasteiger partial charge < -0.3 is 15.4 Å². The Hall–Kier alpha value is -1.33. The van der Waals surface area contributed by atoms with E-state index in [1.54, 1.807) is 24.3 Å². The lowest BCUT2D eigenvalue weighted by Crippen LogP contribution is -2.30. The molecule has 5 heteroatoms. The number of hydrogen-bond donors (Lipinski definition) is 3. The number of benzene rings is 1. The molecular formula is C15H24BNO3. The predicted octanol–water partition coefficient (Wildman–Crippen LogP) is 1.46. The minimum atomic E-state index is -1.49. The third-order valence-corrected chi connectivity index (χ3v) is 3.29. The summed E-state index contributed by atoms with van der Waals surface area (Å²) >= 11 is 0. The highest BCUT2D eigenvalue weighted by molar-refractivity contribution is 6.58. The summed E-state index contributed by atoms with van der Waals surface area (Å²) in [5, 5.41) is 20.8. The fourth-order valence-corrected chi connectivity index (χ4v) is 2.02. The van der Waals surface area contributed by atoms with Crippen molar-refractivity contribution >= 4 is 18.5 Å². The molecule has 1 rings (SSSR count). The van der Waals surface area contributed by atoms with E-state index >= 15 is 0 Å². The van der Waals surface area contributed by atoms with Gasteiger partial charge in [-0.2, -0.15) is 0 Å². The van der Waals surface area contributed by atoms with Gasteiger partial charge in [0.25, 0.3) is 5.91 Å². The van der Waals surface area contributed by atoms with Crippen molar-refractivity contribution in [3.63, 3.8) is 0 Å². The molecule has 0 aliphatic carbocycles. The first-order chi connectivity index (χ1) is 9.65. The zero-order valence-corrected chi connectivity index (χ0v) is 12.1. The minimum absolute atomic E-state index is 0.113. The molecule has 0 bridgehead atoms. The van der Waals surface area contributed by atoms with Crippen LogP contribution in [0, 0.1) is 0 Å². The lowest BCUT2D eigenvalue weighted by Gasteiger charge is -2.06. The van der Waals surface area contributed by atoms with Crippen LogP contribution in [-0.2, 0) is 0 Å². The maximum Gasteiger partial charge on any atom is 0.488 e. The smallest absolute Gasteiger partial charge is 0.423 e. The van der Waals surface area contributed by atoms with Crippen LogP contribution in [0.3, 0.4) is 0 Å². The summed E-state index contributed by atoms with van der Waals surface area (Å²) in [6, 6.07) is 6.30. The molecule has 0 radical (unpaired) electrons. The van der Waals surface area contributed by atoms with E-state index in [-0.39, 0.29) is 5.91 Å². The highest BCUT2D eigenvalue weighted by Gasteiger charge is 2.11. The Labute approximate surface area is 121 Å². The van der Waals surface area contributed by atoms with Crippen LogP contribution >= 0.6 is 0 Å². The van der Waals surface area contributed by atoms with E-state index in [0.717, 1.165) is 12.8 Å². The first-order valence-electron chi connectivity index (χ1n) is 7.39. The van der Waals surface area contributed by atoms with E-state index in [1.165, 1.54) is 25.7 Å². The molecule has 4 nitrogen and oxygen atoms in total. The zero-order chi connectivity index (χ0) is 14.8. The summed E-state index contributed by atoms with van der Waals surface area (Å²) in [7, 11) is -1.49. The predicted molar refractivity (Wildman–Crippen MR) is 82.0 cm³/mol.